The van der Waals surface area contributed by atoms with E-state index in [1.807, 2.05) is 45.9 Å². The van der Waals surface area contributed by atoms with Crippen LogP contribution in [0.2, 0.25) is 0 Å². The third-order valence-electron chi connectivity index (χ3n) is 6.08. The number of nitrogens with zero attached hydrogens (tertiary/aromatic N) is 5. The van der Waals surface area contributed by atoms with Crippen LogP contribution in [0.3, 0.4) is 0 Å². The number of carbonyl (C=O) groups excluding carboxylic acids is 1. The van der Waals surface area contributed by atoms with Gasteiger partial charge in [0.15, 0.2) is 0 Å². The fraction of sp³-hybridized carbons (Fsp3) is 0.280. The molecule has 0 radical (unpaired) electrons. The van der Waals surface area contributed by atoms with E-state index in [0.29, 0.717) is 23.3 Å². The molecule has 0 bridgehead atoms. The van der Waals surface area contributed by atoms with Crippen LogP contribution < -0.4 is 5.32 Å². The number of carbonyl (C=O) groups is 1. The molecule has 5 rings (SSSR count). The molecule has 0 spiro atoms. The second-order valence-electron chi connectivity index (χ2n) is 8.27. The fourth-order valence-corrected chi connectivity index (χ4v) is 4.41. The number of nitrogens with one attached hydrogen (secondary N) is 1. The van der Waals surface area contributed by atoms with E-state index < -0.39 is 0 Å². The molecule has 1 saturated carbocycles. The van der Waals surface area contributed by atoms with Crippen LogP contribution in [0.25, 0.3) is 16.7 Å². The van der Waals surface area contributed by atoms with Crippen LogP contribution in [0.1, 0.15) is 53.7 Å². The molecule has 0 atom stereocenters. The summed E-state index contributed by atoms with van der Waals surface area (Å²) in [6.07, 6.45) is 11.1. The average molecular weight is 425 g/mol. The summed E-state index contributed by atoms with van der Waals surface area (Å²) in [5.41, 5.74) is 4.34. The molecule has 160 valence electrons. The average Bonchev–Trinajstić information content (AvgIpc) is 3.49. The van der Waals surface area contributed by atoms with Gasteiger partial charge in [-0.1, -0.05) is 31.4 Å². The number of rotatable bonds is 5. The highest BCUT2D eigenvalue weighted by molar-refractivity contribution is 6.05. The molecule has 3 aromatic heterocycles. The highest BCUT2D eigenvalue weighted by atomic mass is 16.1. The molecule has 1 aliphatic rings. The fourth-order valence-electron chi connectivity index (χ4n) is 4.41. The third-order valence-corrected chi connectivity index (χ3v) is 6.08. The Morgan fingerprint density at radius 3 is 2.66 bits per heavy atom. The Balaban J connectivity index is 1.45. The molecule has 0 aliphatic heterocycles. The molecule has 1 amide bonds. The molecule has 1 N–H and O–H groups in total. The first-order chi connectivity index (χ1) is 15.7. The largest absolute Gasteiger partial charge is 0.349 e. The normalized spacial score (nSPS) is 14.3. The maximum absolute atomic E-state index is 13.1. The topological polar surface area (TPSA) is 88.5 Å². The lowest BCUT2D eigenvalue weighted by Gasteiger charge is -2.22. The summed E-state index contributed by atoms with van der Waals surface area (Å²) in [7, 11) is 0. The Morgan fingerprint density at radius 1 is 1.12 bits per heavy atom. The van der Waals surface area contributed by atoms with Crippen LogP contribution >= 0.6 is 0 Å². The summed E-state index contributed by atoms with van der Waals surface area (Å²) in [5.74, 6) is -0.114. The molecule has 7 nitrogen and oxygen atoms in total. The Labute approximate surface area is 186 Å². The molecular formula is C25H24N6O. The van der Waals surface area contributed by atoms with E-state index in [1.54, 1.807) is 12.3 Å². The zero-order valence-electron chi connectivity index (χ0n) is 17.7. The highest BCUT2D eigenvalue weighted by Gasteiger charge is 2.21. The molecule has 32 heavy (non-hydrogen) atoms. The van der Waals surface area contributed by atoms with Crippen molar-refractivity contribution in [3.8, 4) is 11.8 Å². The molecule has 1 fully saturated rings. The Kier molecular flexibility index (Phi) is 5.42. The van der Waals surface area contributed by atoms with Crippen molar-refractivity contribution in [3.63, 3.8) is 0 Å². The summed E-state index contributed by atoms with van der Waals surface area (Å²) >= 11 is 0. The molecule has 7 heteroatoms. The second kappa shape index (κ2) is 8.67. The number of amides is 1. The molecular weight excluding hydrogens is 400 g/mol. The zero-order chi connectivity index (χ0) is 21.9. The van der Waals surface area contributed by atoms with Gasteiger partial charge in [0.05, 0.1) is 16.8 Å². The molecule has 1 aromatic carbocycles. The molecule has 4 aromatic rings. The Morgan fingerprint density at radius 2 is 1.94 bits per heavy atom. The van der Waals surface area contributed by atoms with Gasteiger partial charge in [-0.3, -0.25) is 4.79 Å². The minimum Gasteiger partial charge on any atom is -0.349 e. The van der Waals surface area contributed by atoms with Crippen LogP contribution in [0.4, 0.5) is 0 Å². The minimum atomic E-state index is -0.114. The van der Waals surface area contributed by atoms with Crippen molar-refractivity contribution in [1.29, 1.82) is 5.26 Å². The summed E-state index contributed by atoms with van der Waals surface area (Å²) in [6.45, 7) is 0.597. The van der Waals surface area contributed by atoms with Gasteiger partial charge in [0, 0.05) is 31.2 Å². The van der Waals surface area contributed by atoms with E-state index in [1.165, 1.54) is 6.42 Å². The zero-order valence-corrected chi connectivity index (χ0v) is 17.7. The van der Waals surface area contributed by atoms with Gasteiger partial charge < -0.3 is 9.88 Å². The summed E-state index contributed by atoms with van der Waals surface area (Å²) in [4.78, 5) is 17.6. The number of hydrogen-bond acceptors (Lipinski definition) is 4. The van der Waals surface area contributed by atoms with Crippen molar-refractivity contribution in [2.75, 3.05) is 0 Å². The predicted octanol–water partition coefficient (Wildman–Crippen LogP) is 4.20. The number of fused-ring (bicyclic) bond motifs is 1. The number of pyridine rings is 1. The number of hydrogen-bond donors (Lipinski definition) is 1. The van der Waals surface area contributed by atoms with E-state index in [0.717, 1.165) is 42.5 Å². The standard InChI is InChI=1S/C25H24N6O/c26-15-20-9-12-23-24(28-20)22(25(32)29-19-5-2-1-3-6-19)17-30(23)16-18-7-10-21(11-8-18)31-14-4-13-27-31/h4,7-14,17,19H,1-3,5-6,16H2,(H,29,32). The van der Waals surface area contributed by atoms with Crippen molar-refractivity contribution in [1.82, 2.24) is 24.6 Å². The first-order valence-electron chi connectivity index (χ1n) is 11.0. The van der Waals surface area contributed by atoms with Gasteiger partial charge in [-0.15, -0.1) is 0 Å². The monoisotopic (exact) mass is 424 g/mol. The molecule has 0 saturated heterocycles. The van der Waals surface area contributed by atoms with E-state index in [2.05, 4.69) is 33.6 Å². The highest BCUT2D eigenvalue weighted by Crippen LogP contribution is 2.23. The SMILES string of the molecule is N#Cc1ccc2c(n1)c(C(=O)NC1CCCCC1)cn2Cc1ccc(-n2cccn2)cc1. The number of aromatic nitrogens is 4. The second-order valence-corrected chi connectivity index (χ2v) is 8.27. The van der Waals surface area contributed by atoms with Gasteiger partial charge in [-0.05, 0) is 48.7 Å². The third kappa shape index (κ3) is 4.00. The van der Waals surface area contributed by atoms with Crippen LogP contribution in [0, 0.1) is 11.3 Å². The van der Waals surface area contributed by atoms with Gasteiger partial charge in [0.2, 0.25) is 0 Å². The molecule has 0 unspecified atom stereocenters. The molecule has 3 heterocycles. The quantitative estimate of drug-likeness (QED) is 0.520. The first-order valence-corrected chi connectivity index (χ1v) is 11.0. The predicted molar refractivity (Wildman–Crippen MR) is 121 cm³/mol. The number of nitriles is 1. The van der Waals surface area contributed by atoms with Crippen molar-refractivity contribution < 1.29 is 4.79 Å². The van der Waals surface area contributed by atoms with E-state index >= 15 is 0 Å². The smallest absolute Gasteiger partial charge is 0.255 e. The van der Waals surface area contributed by atoms with Crippen molar-refractivity contribution in [3.05, 3.63) is 77.9 Å². The number of benzene rings is 1. The lowest BCUT2D eigenvalue weighted by molar-refractivity contribution is 0.0929. The van der Waals surface area contributed by atoms with Gasteiger partial charge in [0.1, 0.15) is 17.3 Å². The van der Waals surface area contributed by atoms with E-state index in [-0.39, 0.29) is 11.9 Å². The van der Waals surface area contributed by atoms with Crippen LogP contribution in [-0.2, 0) is 6.54 Å². The van der Waals surface area contributed by atoms with Gasteiger partial charge in [0.25, 0.3) is 5.91 Å². The maximum atomic E-state index is 13.1. The Hall–Kier alpha value is -3.92. The Bertz CT molecular complexity index is 1270. The summed E-state index contributed by atoms with van der Waals surface area (Å²) < 4.78 is 3.85. The van der Waals surface area contributed by atoms with E-state index in [9.17, 15) is 10.1 Å². The van der Waals surface area contributed by atoms with Gasteiger partial charge in [-0.2, -0.15) is 10.4 Å². The van der Waals surface area contributed by atoms with E-state index in [4.69, 9.17) is 0 Å². The minimum absolute atomic E-state index is 0.114. The van der Waals surface area contributed by atoms with Crippen LogP contribution in [-0.4, -0.2) is 31.3 Å². The lowest BCUT2D eigenvalue weighted by Crippen LogP contribution is -2.36. The van der Waals surface area contributed by atoms with Crippen molar-refractivity contribution in [2.45, 2.75) is 44.7 Å². The first kappa shape index (κ1) is 20.0. The van der Waals surface area contributed by atoms with Crippen LogP contribution in [0.5, 0.6) is 0 Å². The van der Waals surface area contributed by atoms with Crippen LogP contribution in [0.15, 0.2) is 61.1 Å². The lowest BCUT2D eigenvalue weighted by atomic mass is 9.95. The van der Waals surface area contributed by atoms with Gasteiger partial charge >= 0.3 is 0 Å². The van der Waals surface area contributed by atoms with Gasteiger partial charge in [-0.25, -0.2) is 9.67 Å². The molecule has 1 aliphatic carbocycles. The van der Waals surface area contributed by atoms with Crippen molar-refractivity contribution in [2.24, 2.45) is 0 Å². The summed E-state index contributed by atoms with van der Waals surface area (Å²) in [6, 6.07) is 15.9. The maximum Gasteiger partial charge on any atom is 0.255 e. The summed E-state index contributed by atoms with van der Waals surface area (Å²) in [5, 5.41) is 16.7. The van der Waals surface area contributed by atoms with Crippen molar-refractivity contribution >= 4 is 16.9 Å².